The van der Waals surface area contributed by atoms with Crippen LogP contribution in [0.25, 0.3) is 10.8 Å². The van der Waals surface area contributed by atoms with E-state index in [-0.39, 0.29) is 5.60 Å². The van der Waals surface area contributed by atoms with Gasteiger partial charge < -0.3 is 14.2 Å². The molecule has 0 N–H and O–H groups in total. The van der Waals surface area contributed by atoms with E-state index in [0.717, 1.165) is 31.8 Å². The van der Waals surface area contributed by atoms with Crippen LogP contribution in [0.2, 0.25) is 0 Å². The monoisotopic (exact) mass is 362 g/mol. The molecule has 3 heteroatoms. The molecule has 140 valence electrons. The molecule has 0 amide bonds. The predicted molar refractivity (Wildman–Crippen MR) is 108 cm³/mol. The molecule has 0 spiro atoms. The van der Waals surface area contributed by atoms with Crippen LogP contribution < -0.4 is 4.74 Å². The van der Waals surface area contributed by atoms with Gasteiger partial charge in [-0.05, 0) is 47.0 Å². The van der Waals surface area contributed by atoms with E-state index in [1.807, 2.05) is 6.07 Å². The first-order valence-corrected chi connectivity index (χ1v) is 9.72. The van der Waals surface area contributed by atoms with Gasteiger partial charge in [0.2, 0.25) is 0 Å². The van der Waals surface area contributed by atoms with E-state index in [9.17, 15) is 0 Å². The van der Waals surface area contributed by atoms with Crippen molar-refractivity contribution in [1.82, 2.24) is 0 Å². The SMILES string of the molecule is CCOC1(c2cccc(OCc3ccc4ccccc4c3)c2)CCOCC1. The van der Waals surface area contributed by atoms with Crippen molar-refractivity contribution in [2.24, 2.45) is 0 Å². The van der Waals surface area contributed by atoms with Crippen molar-refractivity contribution in [3.8, 4) is 5.75 Å². The van der Waals surface area contributed by atoms with E-state index >= 15 is 0 Å². The average molecular weight is 362 g/mol. The zero-order valence-corrected chi connectivity index (χ0v) is 15.8. The van der Waals surface area contributed by atoms with Gasteiger partial charge in [-0.2, -0.15) is 0 Å². The summed E-state index contributed by atoms with van der Waals surface area (Å²) in [5.41, 5.74) is 2.10. The van der Waals surface area contributed by atoms with Crippen molar-refractivity contribution in [3.05, 3.63) is 77.9 Å². The number of ether oxygens (including phenoxy) is 3. The Balaban J connectivity index is 1.51. The normalized spacial score (nSPS) is 16.3. The Morgan fingerprint density at radius 2 is 1.70 bits per heavy atom. The number of rotatable bonds is 6. The summed E-state index contributed by atoms with van der Waals surface area (Å²) in [7, 11) is 0. The number of hydrogen-bond acceptors (Lipinski definition) is 3. The minimum absolute atomic E-state index is 0.255. The van der Waals surface area contributed by atoms with Gasteiger partial charge in [0.15, 0.2) is 0 Å². The van der Waals surface area contributed by atoms with Gasteiger partial charge in [-0.15, -0.1) is 0 Å². The Morgan fingerprint density at radius 3 is 2.52 bits per heavy atom. The predicted octanol–water partition coefficient (Wildman–Crippen LogP) is 5.46. The molecular weight excluding hydrogens is 336 g/mol. The molecule has 0 unspecified atom stereocenters. The Hall–Kier alpha value is -2.36. The summed E-state index contributed by atoms with van der Waals surface area (Å²) in [5, 5.41) is 2.49. The summed E-state index contributed by atoms with van der Waals surface area (Å²) < 4.78 is 17.8. The maximum absolute atomic E-state index is 6.19. The molecule has 3 nitrogen and oxygen atoms in total. The van der Waals surface area contributed by atoms with E-state index in [1.165, 1.54) is 21.9 Å². The second-order valence-electron chi connectivity index (χ2n) is 7.04. The van der Waals surface area contributed by atoms with E-state index in [4.69, 9.17) is 14.2 Å². The van der Waals surface area contributed by atoms with Gasteiger partial charge in [-0.3, -0.25) is 0 Å². The van der Waals surface area contributed by atoms with Gasteiger partial charge in [-0.25, -0.2) is 0 Å². The van der Waals surface area contributed by atoms with E-state index in [1.54, 1.807) is 0 Å². The lowest BCUT2D eigenvalue weighted by Gasteiger charge is -2.37. The van der Waals surface area contributed by atoms with Crippen LogP contribution in [0.15, 0.2) is 66.7 Å². The Morgan fingerprint density at radius 1 is 0.889 bits per heavy atom. The van der Waals surface area contributed by atoms with Crippen LogP contribution in [0.1, 0.15) is 30.9 Å². The first-order chi connectivity index (χ1) is 13.3. The lowest BCUT2D eigenvalue weighted by molar-refractivity contribution is -0.112. The van der Waals surface area contributed by atoms with Gasteiger partial charge in [-0.1, -0.05) is 48.5 Å². The van der Waals surface area contributed by atoms with Gasteiger partial charge in [0.05, 0.1) is 5.60 Å². The molecule has 1 aliphatic rings. The molecule has 3 aromatic rings. The zero-order valence-electron chi connectivity index (χ0n) is 15.8. The van der Waals surface area contributed by atoms with Gasteiger partial charge >= 0.3 is 0 Å². The highest BCUT2D eigenvalue weighted by Crippen LogP contribution is 2.37. The molecule has 0 aromatic heterocycles. The number of fused-ring (bicyclic) bond motifs is 1. The van der Waals surface area contributed by atoms with Gasteiger partial charge in [0, 0.05) is 32.7 Å². The largest absolute Gasteiger partial charge is 0.489 e. The second-order valence-corrected chi connectivity index (χ2v) is 7.04. The van der Waals surface area contributed by atoms with Crippen LogP contribution in [0.3, 0.4) is 0 Å². The first-order valence-electron chi connectivity index (χ1n) is 9.72. The van der Waals surface area contributed by atoms with E-state index < -0.39 is 0 Å². The first kappa shape index (κ1) is 18.0. The van der Waals surface area contributed by atoms with Crippen LogP contribution in [0.5, 0.6) is 5.75 Å². The second kappa shape index (κ2) is 8.12. The molecule has 0 aliphatic carbocycles. The van der Waals surface area contributed by atoms with Crippen molar-refractivity contribution in [3.63, 3.8) is 0 Å². The summed E-state index contributed by atoms with van der Waals surface area (Å²) in [6.07, 6.45) is 1.77. The van der Waals surface area contributed by atoms with Crippen molar-refractivity contribution in [2.45, 2.75) is 32.0 Å². The molecular formula is C24H26O3. The molecule has 27 heavy (non-hydrogen) atoms. The molecule has 0 bridgehead atoms. The summed E-state index contributed by atoms with van der Waals surface area (Å²) >= 11 is 0. The maximum atomic E-state index is 6.19. The molecule has 1 aliphatic heterocycles. The average Bonchev–Trinajstić information content (AvgIpc) is 2.73. The minimum atomic E-state index is -0.255. The smallest absolute Gasteiger partial charge is 0.120 e. The Kier molecular flexibility index (Phi) is 5.42. The van der Waals surface area contributed by atoms with Crippen molar-refractivity contribution in [2.75, 3.05) is 19.8 Å². The number of benzene rings is 3. The Bertz CT molecular complexity index is 891. The third-order valence-corrected chi connectivity index (χ3v) is 5.30. The maximum Gasteiger partial charge on any atom is 0.120 e. The van der Waals surface area contributed by atoms with Crippen molar-refractivity contribution >= 4 is 10.8 Å². The lowest BCUT2D eigenvalue weighted by atomic mass is 9.86. The molecule has 4 rings (SSSR count). The van der Waals surface area contributed by atoms with Crippen molar-refractivity contribution in [1.29, 1.82) is 0 Å². The third-order valence-electron chi connectivity index (χ3n) is 5.30. The Labute approximate surface area is 160 Å². The molecule has 1 saturated heterocycles. The summed E-state index contributed by atoms with van der Waals surface area (Å²) in [4.78, 5) is 0. The molecule has 0 radical (unpaired) electrons. The summed E-state index contributed by atoms with van der Waals surface area (Å²) in [6.45, 7) is 4.78. The van der Waals surface area contributed by atoms with Gasteiger partial charge in [0.1, 0.15) is 12.4 Å². The topological polar surface area (TPSA) is 27.7 Å². The van der Waals surface area contributed by atoms with E-state index in [2.05, 4.69) is 67.6 Å². The van der Waals surface area contributed by atoms with Crippen molar-refractivity contribution < 1.29 is 14.2 Å². The minimum Gasteiger partial charge on any atom is -0.489 e. The van der Waals surface area contributed by atoms with Crippen LogP contribution in [0, 0.1) is 0 Å². The molecule has 1 heterocycles. The quantitative estimate of drug-likeness (QED) is 0.583. The summed E-state index contributed by atoms with van der Waals surface area (Å²) in [6, 6.07) is 23.2. The van der Waals surface area contributed by atoms with Crippen LogP contribution in [0.4, 0.5) is 0 Å². The van der Waals surface area contributed by atoms with Crippen LogP contribution in [-0.2, 0) is 21.7 Å². The molecule has 3 aromatic carbocycles. The highest BCUT2D eigenvalue weighted by molar-refractivity contribution is 5.82. The summed E-state index contributed by atoms with van der Waals surface area (Å²) in [5.74, 6) is 0.881. The molecule has 0 saturated carbocycles. The van der Waals surface area contributed by atoms with Gasteiger partial charge in [0.25, 0.3) is 0 Å². The highest BCUT2D eigenvalue weighted by Gasteiger charge is 2.35. The molecule has 1 fully saturated rings. The third kappa shape index (κ3) is 4.00. The zero-order chi connectivity index (χ0) is 18.5. The fourth-order valence-electron chi connectivity index (χ4n) is 3.86. The van der Waals surface area contributed by atoms with Crippen LogP contribution in [-0.4, -0.2) is 19.8 Å². The fraction of sp³-hybridized carbons (Fsp3) is 0.333. The standard InChI is InChI=1S/C24H26O3/c1-2-27-24(12-14-25-15-13-24)22-8-5-9-23(17-22)26-18-19-10-11-20-6-3-4-7-21(20)16-19/h3-11,16-17H,2,12-15,18H2,1H3. The fourth-order valence-corrected chi connectivity index (χ4v) is 3.86. The molecule has 0 atom stereocenters. The van der Waals surface area contributed by atoms with E-state index in [0.29, 0.717) is 13.2 Å². The highest BCUT2D eigenvalue weighted by atomic mass is 16.5. The lowest BCUT2D eigenvalue weighted by Crippen LogP contribution is -2.36. The number of hydrogen-bond donors (Lipinski definition) is 0. The van der Waals surface area contributed by atoms with Crippen LogP contribution >= 0.6 is 0 Å².